The molecule has 0 saturated carbocycles. The van der Waals surface area contributed by atoms with Crippen molar-refractivity contribution in [2.24, 2.45) is 11.8 Å². The second-order valence-corrected chi connectivity index (χ2v) is 7.74. The fraction of sp³-hybridized carbons (Fsp3) is 0.333. The molecule has 0 bridgehead atoms. The van der Waals surface area contributed by atoms with Crippen molar-refractivity contribution in [3.63, 3.8) is 0 Å². The fourth-order valence-electron chi connectivity index (χ4n) is 2.81. The van der Waals surface area contributed by atoms with E-state index in [2.05, 4.69) is 0 Å². The predicted octanol–water partition coefficient (Wildman–Crippen LogP) is 5.56. The summed E-state index contributed by atoms with van der Waals surface area (Å²) in [7, 11) is 0. The van der Waals surface area contributed by atoms with Gasteiger partial charge in [-0.3, -0.25) is 19.2 Å². The average molecular weight is 394 g/mol. The van der Waals surface area contributed by atoms with E-state index < -0.39 is 0 Å². The number of hydrogen-bond acceptors (Lipinski definition) is 5. The van der Waals surface area contributed by atoms with Crippen LogP contribution in [-0.2, 0) is 0 Å². The predicted molar refractivity (Wildman–Crippen MR) is 111 cm³/mol. The highest BCUT2D eigenvalue weighted by atomic mass is 16.5. The van der Waals surface area contributed by atoms with Gasteiger partial charge in [-0.2, -0.15) is 0 Å². The number of rotatable bonds is 8. The van der Waals surface area contributed by atoms with Crippen molar-refractivity contribution in [1.82, 2.24) is 0 Å². The monoisotopic (exact) mass is 394 g/mol. The van der Waals surface area contributed by atoms with Gasteiger partial charge in [-0.15, -0.1) is 0 Å². The van der Waals surface area contributed by atoms with Gasteiger partial charge in [-0.05, 0) is 50.2 Å². The first-order chi connectivity index (χ1) is 13.5. The van der Waals surface area contributed by atoms with Crippen LogP contribution in [0.4, 0.5) is 0 Å². The van der Waals surface area contributed by atoms with Crippen molar-refractivity contribution in [1.29, 1.82) is 0 Å². The van der Waals surface area contributed by atoms with Crippen LogP contribution in [0.1, 0.15) is 83.0 Å². The number of ketones is 4. The summed E-state index contributed by atoms with van der Waals surface area (Å²) >= 11 is 0. The number of benzene rings is 2. The highest BCUT2D eigenvalue weighted by Gasteiger charge is 2.18. The highest BCUT2D eigenvalue weighted by molar-refractivity contribution is 6.03. The third-order valence-electron chi connectivity index (χ3n) is 4.48. The van der Waals surface area contributed by atoms with Crippen molar-refractivity contribution in [3.05, 3.63) is 58.7 Å². The van der Waals surface area contributed by atoms with E-state index in [-0.39, 0.29) is 35.0 Å². The first kappa shape index (κ1) is 22.2. The minimum Gasteiger partial charge on any atom is -0.457 e. The Hall–Kier alpha value is -3.08. The summed E-state index contributed by atoms with van der Waals surface area (Å²) in [6.07, 6.45) is 0. The number of carbonyl (C=O) groups is 4. The van der Waals surface area contributed by atoms with Gasteiger partial charge in [-0.1, -0.05) is 27.7 Å². The zero-order valence-electron chi connectivity index (χ0n) is 17.7. The highest BCUT2D eigenvalue weighted by Crippen LogP contribution is 2.28. The van der Waals surface area contributed by atoms with Crippen LogP contribution in [0.2, 0.25) is 0 Å². The SMILES string of the molecule is CC(=O)c1cc(Oc2cc(C(=O)C(C)C)cc(C(=O)C(C)C)c2)cc(C(C)=O)c1. The standard InChI is InChI=1S/C24H26O5/c1-13(2)23(27)19-8-20(24(28)14(3)4)12-22(11-19)29-21-9-17(15(5)25)7-18(10-21)16(6)26/h7-14H,1-6H3. The summed E-state index contributed by atoms with van der Waals surface area (Å²) in [6, 6.07) is 9.33. The van der Waals surface area contributed by atoms with Crippen LogP contribution in [0.3, 0.4) is 0 Å². The van der Waals surface area contributed by atoms with Crippen LogP contribution in [0.25, 0.3) is 0 Å². The number of hydrogen-bond donors (Lipinski definition) is 0. The average Bonchev–Trinajstić information content (AvgIpc) is 2.65. The zero-order valence-corrected chi connectivity index (χ0v) is 17.7. The Kier molecular flexibility index (Phi) is 6.85. The lowest BCUT2D eigenvalue weighted by Crippen LogP contribution is -2.12. The Morgan fingerprint density at radius 1 is 0.586 bits per heavy atom. The molecule has 0 saturated heterocycles. The van der Waals surface area contributed by atoms with E-state index in [1.165, 1.54) is 32.0 Å². The van der Waals surface area contributed by atoms with Gasteiger partial charge in [0.2, 0.25) is 0 Å². The molecule has 152 valence electrons. The topological polar surface area (TPSA) is 77.5 Å². The Balaban J connectivity index is 2.56. The van der Waals surface area contributed by atoms with E-state index in [0.29, 0.717) is 33.8 Å². The molecule has 0 fully saturated rings. The van der Waals surface area contributed by atoms with Gasteiger partial charge in [-0.25, -0.2) is 0 Å². The molecule has 2 aromatic carbocycles. The molecule has 2 rings (SSSR count). The van der Waals surface area contributed by atoms with Crippen molar-refractivity contribution < 1.29 is 23.9 Å². The maximum Gasteiger partial charge on any atom is 0.165 e. The van der Waals surface area contributed by atoms with Gasteiger partial charge in [0, 0.05) is 34.1 Å². The van der Waals surface area contributed by atoms with Crippen LogP contribution in [-0.4, -0.2) is 23.1 Å². The second-order valence-electron chi connectivity index (χ2n) is 7.74. The molecule has 0 aliphatic heterocycles. The summed E-state index contributed by atoms with van der Waals surface area (Å²) in [5.41, 5.74) is 1.47. The van der Waals surface area contributed by atoms with Crippen molar-refractivity contribution >= 4 is 23.1 Å². The summed E-state index contributed by atoms with van der Waals surface area (Å²) in [4.78, 5) is 48.7. The molecule has 5 heteroatoms. The number of ether oxygens (including phenoxy) is 1. The Labute approximate surface area is 171 Å². The summed E-state index contributed by atoms with van der Waals surface area (Å²) in [5, 5.41) is 0. The molecule has 0 unspecified atom stereocenters. The molecule has 5 nitrogen and oxygen atoms in total. The minimum absolute atomic E-state index is 0.102. The maximum absolute atomic E-state index is 12.5. The van der Waals surface area contributed by atoms with Crippen LogP contribution >= 0.6 is 0 Å². The largest absolute Gasteiger partial charge is 0.457 e. The second kappa shape index (κ2) is 8.95. The molecule has 0 aliphatic carbocycles. The Morgan fingerprint density at radius 3 is 1.21 bits per heavy atom. The van der Waals surface area contributed by atoms with Crippen molar-refractivity contribution in [2.45, 2.75) is 41.5 Å². The first-order valence-electron chi connectivity index (χ1n) is 9.58. The fourth-order valence-corrected chi connectivity index (χ4v) is 2.81. The maximum atomic E-state index is 12.5. The van der Waals surface area contributed by atoms with E-state index in [0.717, 1.165) is 0 Å². The van der Waals surface area contributed by atoms with E-state index in [4.69, 9.17) is 4.74 Å². The van der Waals surface area contributed by atoms with E-state index >= 15 is 0 Å². The van der Waals surface area contributed by atoms with E-state index in [1.54, 1.807) is 45.9 Å². The Morgan fingerprint density at radius 2 is 0.897 bits per heavy atom. The Bertz CT molecular complexity index is 912. The van der Waals surface area contributed by atoms with Gasteiger partial charge in [0.25, 0.3) is 0 Å². The third kappa shape index (κ3) is 5.47. The van der Waals surface area contributed by atoms with Gasteiger partial charge in [0.15, 0.2) is 23.1 Å². The van der Waals surface area contributed by atoms with Gasteiger partial charge < -0.3 is 4.74 Å². The molecule has 2 aromatic rings. The normalized spacial score (nSPS) is 10.9. The lowest BCUT2D eigenvalue weighted by Gasteiger charge is -2.13. The molecule has 0 spiro atoms. The first-order valence-corrected chi connectivity index (χ1v) is 9.58. The lowest BCUT2D eigenvalue weighted by atomic mass is 9.95. The molecule has 0 N–H and O–H groups in total. The van der Waals surface area contributed by atoms with Crippen LogP contribution in [0, 0.1) is 11.8 Å². The van der Waals surface area contributed by atoms with Crippen LogP contribution in [0.15, 0.2) is 36.4 Å². The summed E-state index contributed by atoms with van der Waals surface area (Å²) < 4.78 is 5.89. The van der Waals surface area contributed by atoms with Gasteiger partial charge >= 0.3 is 0 Å². The minimum atomic E-state index is -0.238. The van der Waals surface area contributed by atoms with E-state index in [1.807, 2.05) is 0 Å². The number of Topliss-reactive ketones (excluding diaryl/α,β-unsaturated/α-hetero) is 4. The number of carbonyl (C=O) groups excluding carboxylic acids is 4. The molecular weight excluding hydrogens is 368 g/mol. The molecule has 0 heterocycles. The quantitative estimate of drug-likeness (QED) is 0.548. The molecule has 0 amide bonds. The summed E-state index contributed by atoms with van der Waals surface area (Å²) in [6.45, 7) is 9.96. The zero-order chi connectivity index (χ0) is 21.9. The molecule has 0 aliphatic rings. The molecule has 0 radical (unpaired) electrons. The van der Waals surface area contributed by atoms with Crippen molar-refractivity contribution in [3.8, 4) is 11.5 Å². The van der Waals surface area contributed by atoms with Gasteiger partial charge in [0.1, 0.15) is 11.5 Å². The van der Waals surface area contributed by atoms with Gasteiger partial charge in [0.05, 0.1) is 0 Å². The van der Waals surface area contributed by atoms with Crippen LogP contribution in [0.5, 0.6) is 11.5 Å². The third-order valence-corrected chi connectivity index (χ3v) is 4.48. The summed E-state index contributed by atoms with van der Waals surface area (Å²) in [5.74, 6) is -0.481. The lowest BCUT2D eigenvalue weighted by molar-refractivity contribution is 0.0935. The molecule has 0 aromatic heterocycles. The van der Waals surface area contributed by atoms with Crippen LogP contribution < -0.4 is 4.74 Å². The smallest absolute Gasteiger partial charge is 0.165 e. The molecular formula is C24H26O5. The molecule has 0 atom stereocenters. The molecule has 29 heavy (non-hydrogen) atoms. The van der Waals surface area contributed by atoms with E-state index in [9.17, 15) is 19.2 Å². The van der Waals surface area contributed by atoms with Crippen molar-refractivity contribution in [2.75, 3.05) is 0 Å².